The standard InChI is InChI=1S/C20H27N5O3/c1-28-13-11-21-20(27)18-15-25(23-22-18)17-8-5-12-24(14-17)19(26)10-9-16-6-3-2-4-7-16/h2-4,6-7,15,17H,5,8-14H2,1H3,(H,21,27)/t17-/m1/s1. The van der Waals surface area contributed by atoms with Gasteiger partial charge in [-0.2, -0.15) is 0 Å². The number of carbonyl (C=O) groups is 2. The third kappa shape index (κ3) is 5.39. The highest BCUT2D eigenvalue weighted by Crippen LogP contribution is 2.21. The predicted octanol–water partition coefficient (Wildman–Crippen LogP) is 1.45. The van der Waals surface area contributed by atoms with Crippen LogP contribution in [0, 0.1) is 0 Å². The first-order valence-electron chi connectivity index (χ1n) is 9.68. The highest BCUT2D eigenvalue weighted by molar-refractivity contribution is 5.91. The number of hydrogen-bond donors (Lipinski definition) is 1. The van der Waals surface area contributed by atoms with E-state index in [1.807, 2.05) is 35.2 Å². The molecule has 1 N–H and O–H groups in total. The minimum Gasteiger partial charge on any atom is -0.383 e. The van der Waals surface area contributed by atoms with E-state index in [9.17, 15) is 9.59 Å². The molecule has 1 aliphatic heterocycles. The number of ether oxygens (including phenoxy) is 1. The molecular weight excluding hydrogens is 358 g/mol. The lowest BCUT2D eigenvalue weighted by Gasteiger charge is -2.32. The molecule has 0 aliphatic carbocycles. The van der Waals surface area contributed by atoms with Gasteiger partial charge < -0.3 is 15.0 Å². The molecule has 2 aromatic rings. The SMILES string of the molecule is COCCNC(=O)c1cn([C@@H]2CCCN(C(=O)CCc3ccccc3)C2)nn1. The van der Waals surface area contributed by atoms with Crippen molar-refractivity contribution in [1.29, 1.82) is 0 Å². The second-order valence-corrected chi connectivity index (χ2v) is 6.95. The third-order valence-corrected chi connectivity index (χ3v) is 4.93. The zero-order chi connectivity index (χ0) is 19.8. The highest BCUT2D eigenvalue weighted by atomic mass is 16.5. The Balaban J connectivity index is 1.53. The summed E-state index contributed by atoms with van der Waals surface area (Å²) in [6.07, 6.45) is 4.73. The number of benzene rings is 1. The first-order valence-corrected chi connectivity index (χ1v) is 9.68. The van der Waals surface area contributed by atoms with Crippen LogP contribution in [0.1, 0.15) is 41.4 Å². The third-order valence-electron chi connectivity index (χ3n) is 4.93. The van der Waals surface area contributed by atoms with Gasteiger partial charge in [-0.3, -0.25) is 9.59 Å². The Morgan fingerprint density at radius 2 is 2.11 bits per heavy atom. The monoisotopic (exact) mass is 385 g/mol. The van der Waals surface area contributed by atoms with Gasteiger partial charge in [0.15, 0.2) is 5.69 Å². The average molecular weight is 385 g/mol. The van der Waals surface area contributed by atoms with Crippen molar-refractivity contribution in [2.75, 3.05) is 33.4 Å². The van der Waals surface area contributed by atoms with Gasteiger partial charge in [-0.15, -0.1) is 5.10 Å². The Morgan fingerprint density at radius 3 is 2.89 bits per heavy atom. The number of aromatic nitrogens is 3. The zero-order valence-corrected chi connectivity index (χ0v) is 16.2. The molecule has 8 heteroatoms. The van der Waals surface area contributed by atoms with E-state index in [2.05, 4.69) is 15.6 Å². The minimum atomic E-state index is -0.269. The molecule has 0 radical (unpaired) electrons. The molecule has 0 saturated carbocycles. The summed E-state index contributed by atoms with van der Waals surface area (Å²) in [5.74, 6) is -0.110. The number of piperidine rings is 1. The number of methoxy groups -OCH3 is 1. The maximum absolute atomic E-state index is 12.6. The number of aryl methyl sites for hydroxylation is 1. The first kappa shape index (κ1) is 20.0. The lowest BCUT2D eigenvalue weighted by atomic mass is 10.0. The molecule has 1 fully saturated rings. The number of carbonyl (C=O) groups excluding carboxylic acids is 2. The maximum atomic E-state index is 12.6. The van der Waals surface area contributed by atoms with Crippen molar-refractivity contribution >= 4 is 11.8 Å². The molecule has 2 heterocycles. The summed E-state index contributed by atoms with van der Waals surface area (Å²) in [5.41, 5.74) is 1.45. The largest absolute Gasteiger partial charge is 0.383 e. The van der Waals surface area contributed by atoms with Crippen LogP contribution >= 0.6 is 0 Å². The van der Waals surface area contributed by atoms with Crippen LogP contribution < -0.4 is 5.32 Å². The molecule has 28 heavy (non-hydrogen) atoms. The van der Waals surface area contributed by atoms with Gasteiger partial charge >= 0.3 is 0 Å². The lowest BCUT2D eigenvalue weighted by molar-refractivity contribution is -0.132. The minimum absolute atomic E-state index is 0.0439. The molecule has 150 valence electrons. The second kappa shape index (κ2) is 9.98. The summed E-state index contributed by atoms with van der Waals surface area (Å²) in [5, 5.41) is 10.8. The van der Waals surface area contributed by atoms with Crippen molar-refractivity contribution in [3.05, 3.63) is 47.8 Å². The van der Waals surface area contributed by atoms with E-state index in [0.717, 1.165) is 25.8 Å². The average Bonchev–Trinajstić information content (AvgIpc) is 3.23. The van der Waals surface area contributed by atoms with Crippen LogP contribution in [-0.2, 0) is 16.0 Å². The molecule has 1 aromatic heterocycles. The smallest absolute Gasteiger partial charge is 0.273 e. The van der Waals surface area contributed by atoms with Crippen LogP contribution in [0.2, 0.25) is 0 Å². The van der Waals surface area contributed by atoms with E-state index in [1.165, 1.54) is 5.56 Å². The molecular formula is C20H27N5O3. The fourth-order valence-corrected chi connectivity index (χ4v) is 3.37. The number of hydrogen-bond acceptors (Lipinski definition) is 5. The van der Waals surface area contributed by atoms with Gasteiger partial charge in [0.1, 0.15) is 0 Å². The molecule has 0 unspecified atom stereocenters. The van der Waals surface area contributed by atoms with Crippen molar-refractivity contribution in [2.24, 2.45) is 0 Å². The van der Waals surface area contributed by atoms with Crippen molar-refractivity contribution in [1.82, 2.24) is 25.2 Å². The lowest BCUT2D eigenvalue weighted by Crippen LogP contribution is -2.41. The van der Waals surface area contributed by atoms with Gasteiger partial charge in [0.05, 0.1) is 18.8 Å². The first-order chi connectivity index (χ1) is 13.7. The molecule has 0 spiro atoms. The normalized spacial score (nSPS) is 16.8. The van der Waals surface area contributed by atoms with Gasteiger partial charge in [0.25, 0.3) is 5.91 Å². The Morgan fingerprint density at radius 1 is 1.29 bits per heavy atom. The highest BCUT2D eigenvalue weighted by Gasteiger charge is 2.26. The summed E-state index contributed by atoms with van der Waals surface area (Å²) < 4.78 is 6.63. The molecule has 1 atom stereocenters. The number of nitrogens with zero attached hydrogens (tertiary/aromatic N) is 4. The van der Waals surface area contributed by atoms with E-state index in [-0.39, 0.29) is 23.6 Å². The molecule has 2 amide bonds. The quantitative estimate of drug-likeness (QED) is 0.695. The van der Waals surface area contributed by atoms with Crippen LogP contribution in [-0.4, -0.2) is 65.1 Å². The van der Waals surface area contributed by atoms with Gasteiger partial charge in [0.2, 0.25) is 5.91 Å². The number of likely N-dealkylation sites (tertiary alicyclic amines) is 1. The Bertz CT molecular complexity index is 777. The fraction of sp³-hybridized carbons (Fsp3) is 0.500. The summed E-state index contributed by atoms with van der Waals surface area (Å²) in [4.78, 5) is 26.6. The molecule has 1 aliphatic rings. The Labute approximate surface area is 164 Å². The van der Waals surface area contributed by atoms with E-state index >= 15 is 0 Å². The van der Waals surface area contributed by atoms with E-state index < -0.39 is 0 Å². The van der Waals surface area contributed by atoms with Crippen LogP contribution in [0.3, 0.4) is 0 Å². The van der Waals surface area contributed by atoms with Crippen molar-refractivity contribution < 1.29 is 14.3 Å². The second-order valence-electron chi connectivity index (χ2n) is 6.95. The van der Waals surface area contributed by atoms with Gasteiger partial charge in [-0.1, -0.05) is 35.5 Å². The topological polar surface area (TPSA) is 89.4 Å². The number of nitrogens with one attached hydrogen (secondary N) is 1. The fourth-order valence-electron chi connectivity index (χ4n) is 3.37. The number of rotatable bonds is 8. The zero-order valence-electron chi connectivity index (χ0n) is 16.2. The van der Waals surface area contributed by atoms with Gasteiger partial charge in [-0.05, 0) is 24.8 Å². The van der Waals surface area contributed by atoms with E-state index in [0.29, 0.717) is 26.1 Å². The van der Waals surface area contributed by atoms with Crippen LogP contribution in [0.5, 0.6) is 0 Å². The molecule has 3 rings (SSSR count). The van der Waals surface area contributed by atoms with Crippen LogP contribution in [0.25, 0.3) is 0 Å². The predicted molar refractivity (Wildman–Crippen MR) is 104 cm³/mol. The Kier molecular flexibility index (Phi) is 7.13. The van der Waals surface area contributed by atoms with Crippen LogP contribution in [0.4, 0.5) is 0 Å². The molecule has 1 aromatic carbocycles. The molecule has 0 bridgehead atoms. The summed E-state index contributed by atoms with van der Waals surface area (Å²) >= 11 is 0. The van der Waals surface area contributed by atoms with Crippen molar-refractivity contribution in [2.45, 2.75) is 31.7 Å². The molecule has 8 nitrogen and oxygen atoms in total. The van der Waals surface area contributed by atoms with E-state index in [4.69, 9.17) is 4.74 Å². The van der Waals surface area contributed by atoms with Crippen LogP contribution in [0.15, 0.2) is 36.5 Å². The van der Waals surface area contributed by atoms with Crippen molar-refractivity contribution in [3.63, 3.8) is 0 Å². The van der Waals surface area contributed by atoms with Gasteiger partial charge in [-0.25, -0.2) is 4.68 Å². The summed E-state index contributed by atoms with van der Waals surface area (Å²) in [7, 11) is 1.58. The summed E-state index contributed by atoms with van der Waals surface area (Å²) in [6.45, 7) is 2.24. The van der Waals surface area contributed by atoms with E-state index in [1.54, 1.807) is 18.0 Å². The number of amides is 2. The molecule has 1 saturated heterocycles. The Hall–Kier alpha value is -2.74. The summed E-state index contributed by atoms with van der Waals surface area (Å²) in [6, 6.07) is 10.1. The maximum Gasteiger partial charge on any atom is 0.273 e. The van der Waals surface area contributed by atoms with Gasteiger partial charge in [0, 0.05) is 33.2 Å². The van der Waals surface area contributed by atoms with Crippen molar-refractivity contribution in [3.8, 4) is 0 Å².